The van der Waals surface area contributed by atoms with Crippen LogP contribution in [0.15, 0.2) is 53.4 Å². The van der Waals surface area contributed by atoms with Crippen LogP contribution in [0, 0.1) is 20.2 Å². The first-order valence-corrected chi connectivity index (χ1v) is 8.07. The van der Waals surface area contributed by atoms with Crippen molar-refractivity contribution < 1.29 is 22.8 Å². The second-order valence-electron chi connectivity index (χ2n) is 4.94. The predicted octanol–water partition coefficient (Wildman–Crippen LogP) is 2.40. The van der Waals surface area contributed by atoms with E-state index in [1.54, 1.807) is 0 Å². The highest BCUT2D eigenvalue weighted by molar-refractivity contribution is 7.85. The second-order valence-corrected chi connectivity index (χ2v) is 6.36. The van der Waals surface area contributed by atoms with Crippen LogP contribution in [0.25, 0.3) is 0 Å². The Morgan fingerprint density at radius 2 is 1.58 bits per heavy atom. The molecule has 0 saturated heterocycles. The third-order valence-electron chi connectivity index (χ3n) is 3.40. The topological polar surface area (TPSA) is 141 Å². The molecular formula is C14H12N2O7S. The number of nitro benzene ring substituents is 1. The molecule has 2 rings (SSSR count). The predicted molar refractivity (Wildman–Crippen MR) is 82.8 cm³/mol. The first-order chi connectivity index (χ1) is 11.2. The fourth-order valence-electron chi connectivity index (χ4n) is 2.25. The summed E-state index contributed by atoms with van der Waals surface area (Å²) < 4.78 is 30.9. The van der Waals surface area contributed by atoms with Crippen molar-refractivity contribution in [3.63, 3.8) is 0 Å². The molecule has 0 heterocycles. The monoisotopic (exact) mass is 352 g/mol. The van der Waals surface area contributed by atoms with Gasteiger partial charge in [0.15, 0.2) is 0 Å². The molecule has 1 atom stereocenters. The zero-order chi connectivity index (χ0) is 17.9. The zero-order valence-electron chi connectivity index (χ0n) is 12.1. The molecule has 0 fully saturated rings. The molecule has 0 aliphatic rings. The number of nitrogens with zero attached hydrogens (tertiary/aromatic N) is 2. The molecule has 10 heteroatoms. The van der Waals surface area contributed by atoms with E-state index in [-0.39, 0.29) is 22.6 Å². The Labute approximate surface area is 136 Å². The van der Waals surface area contributed by atoms with Gasteiger partial charge >= 0.3 is 0 Å². The van der Waals surface area contributed by atoms with Crippen LogP contribution in [0.3, 0.4) is 0 Å². The van der Waals surface area contributed by atoms with Gasteiger partial charge < -0.3 is 0 Å². The van der Waals surface area contributed by atoms with Gasteiger partial charge in [0.25, 0.3) is 15.8 Å². The zero-order valence-corrected chi connectivity index (χ0v) is 12.9. The van der Waals surface area contributed by atoms with E-state index in [1.807, 2.05) is 0 Å². The second kappa shape index (κ2) is 6.72. The third-order valence-corrected chi connectivity index (χ3v) is 4.27. The lowest BCUT2D eigenvalue weighted by atomic mass is 9.98. The standard InChI is InChI=1S/C14H12N2O7S/c17-15(18)13-4-2-1-3-12(13)14(16(19)20)9-10-5-7-11(8-6-10)24(21,22)23/h1-8,14H,9H2,(H,21,22,23). The number of benzene rings is 2. The molecule has 0 aliphatic carbocycles. The Morgan fingerprint density at radius 3 is 2.08 bits per heavy atom. The van der Waals surface area contributed by atoms with Crippen LogP contribution in [0.5, 0.6) is 0 Å². The molecule has 9 nitrogen and oxygen atoms in total. The fourth-order valence-corrected chi connectivity index (χ4v) is 2.73. The van der Waals surface area contributed by atoms with Crippen LogP contribution < -0.4 is 0 Å². The highest BCUT2D eigenvalue weighted by Gasteiger charge is 2.30. The van der Waals surface area contributed by atoms with E-state index in [4.69, 9.17) is 4.55 Å². The summed E-state index contributed by atoms with van der Waals surface area (Å²) in [5.74, 6) is 0. The average molecular weight is 352 g/mol. The largest absolute Gasteiger partial charge is 0.294 e. The molecular weight excluding hydrogens is 340 g/mol. The Balaban J connectivity index is 2.37. The van der Waals surface area contributed by atoms with Gasteiger partial charge in [-0.2, -0.15) is 8.42 Å². The minimum atomic E-state index is -4.36. The van der Waals surface area contributed by atoms with E-state index >= 15 is 0 Å². The van der Waals surface area contributed by atoms with Gasteiger partial charge in [-0.25, -0.2) is 0 Å². The molecule has 2 aromatic rings. The molecule has 1 unspecified atom stereocenters. The minimum Gasteiger partial charge on any atom is -0.282 e. The molecule has 2 aromatic carbocycles. The number of hydrogen-bond acceptors (Lipinski definition) is 6. The summed E-state index contributed by atoms with van der Waals surface area (Å²) >= 11 is 0. The molecule has 1 N–H and O–H groups in total. The maximum atomic E-state index is 11.4. The van der Waals surface area contributed by atoms with Gasteiger partial charge in [-0.05, 0) is 23.8 Å². The van der Waals surface area contributed by atoms with Gasteiger partial charge in [-0.15, -0.1) is 0 Å². The molecule has 0 saturated carbocycles. The lowest BCUT2D eigenvalue weighted by Crippen LogP contribution is -2.15. The minimum absolute atomic E-state index is 0.0358. The molecule has 0 aliphatic heterocycles. The van der Waals surface area contributed by atoms with E-state index in [2.05, 4.69) is 0 Å². The third kappa shape index (κ3) is 3.91. The molecule has 0 aromatic heterocycles. The van der Waals surface area contributed by atoms with Crippen molar-refractivity contribution in [3.8, 4) is 0 Å². The maximum Gasteiger partial charge on any atom is 0.294 e. The maximum absolute atomic E-state index is 11.4. The summed E-state index contributed by atoms with van der Waals surface area (Å²) in [7, 11) is -4.36. The first-order valence-electron chi connectivity index (χ1n) is 6.63. The Kier molecular flexibility index (Phi) is 4.90. The van der Waals surface area contributed by atoms with Gasteiger partial charge in [0.05, 0.1) is 9.82 Å². The van der Waals surface area contributed by atoms with Crippen LogP contribution in [0.2, 0.25) is 0 Å². The number of para-hydroxylation sites is 1. The molecule has 0 bridgehead atoms. The SMILES string of the molecule is O=[N+]([O-])c1ccccc1C(Cc1ccc(S(=O)(=O)O)cc1)[N+](=O)[O-]. The van der Waals surface area contributed by atoms with Gasteiger partial charge in [-0.3, -0.25) is 24.8 Å². The van der Waals surface area contributed by atoms with E-state index < -0.39 is 26.0 Å². The number of nitro groups is 2. The highest BCUT2D eigenvalue weighted by atomic mass is 32.2. The van der Waals surface area contributed by atoms with Crippen LogP contribution >= 0.6 is 0 Å². The summed E-state index contributed by atoms with van der Waals surface area (Å²) in [6.45, 7) is 0. The van der Waals surface area contributed by atoms with Crippen molar-refractivity contribution >= 4 is 15.8 Å². The van der Waals surface area contributed by atoms with Gasteiger partial charge in [0.2, 0.25) is 6.04 Å². The fraction of sp³-hybridized carbons (Fsp3) is 0.143. The van der Waals surface area contributed by atoms with Crippen molar-refractivity contribution in [1.82, 2.24) is 0 Å². The smallest absolute Gasteiger partial charge is 0.282 e. The highest BCUT2D eigenvalue weighted by Crippen LogP contribution is 2.29. The Hall–Kier alpha value is -2.85. The lowest BCUT2D eigenvalue weighted by Gasteiger charge is -2.10. The first kappa shape index (κ1) is 17.5. The summed E-state index contributed by atoms with van der Waals surface area (Å²) in [5.41, 5.74) is 0.0161. The van der Waals surface area contributed by atoms with Gasteiger partial charge in [0.1, 0.15) is 5.56 Å². The van der Waals surface area contributed by atoms with Crippen LogP contribution in [-0.2, 0) is 16.5 Å². The van der Waals surface area contributed by atoms with Crippen molar-refractivity contribution in [2.24, 2.45) is 0 Å². The van der Waals surface area contributed by atoms with Gasteiger partial charge in [0, 0.05) is 17.4 Å². The average Bonchev–Trinajstić information content (AvgIpc) is 2.52. The van der Waals surface area contributed by atoms with Crippen LogP contribution in [0.4, 0.5) is 5.69 Å². The Bertz CT molecular complexity index is 878. The summed E-state index contributed by atoms with van der Waals surface area (Å²) in [5, 5.41) is 22.4. The summed E-state index contributed by atoms with van der Waals surface area (Å²) in [4.78, 5) is 20.7. The van der Waals surface area contributed by atoms with E-state index in [0.717, 1.165) is 12.1 Å². The molecule has 126 valence electrons. The van der Waals surface area contributed by atoms with E-state index in [1.165, 1.54) is 36.4 Å². The van der Waals surface area contributed by atoms with E-state index in [0.29, 0.717) is 5.56 Å². The lowest BCUT2D eigenvalue weighted by molar-refractivity contribution is -0.530. The summed E-state index contributed by atoms with van der Waals surface area (Å²) in [6.07, 6.45) is -0.163. The van der Waals surface area contributed by atoms with Crippen molar-refractivity contribution in [1.29, 1.82) is 0 Å². The quantitative estimate of drug-likeness (QED) is 0.478. The van der Waals surface area contributed by atoms with Crippen molar-refractivity contribution in [2.45, 2.75) is 17.4 Å². The number of hydrogen-bond donors (Lipinski definition) is 1. The normalized spacial score (nSPS) is 12.5. The number of rotatable bonds is 6. The van der Waals surface area contributed by atoms with Gasteiger partial charge in [-0.1, -0.05) is 24.3 Å². The molecule has 0 amide bonds. The summed E-state index contributed by atoms with van der Waals surface area (Å²) in [6, 6.07) is 8.89. The van der Waals surface area contributed by atoms with E-state index in [9.17, 15) is 28.6 Å². The molecule has 0 radical (unpaired) electrons. The Morgan fingerprint density at radius 1 is 1.00 bits per heavy atom. The van der Waals surface area contributed by atoms with Crippen molar-refractivity contribution in [2.75, 3.05) is 0 Å². The molecule has 24 heavy (non-hydrogen) atoms. The van der Waals surface area contributed by atoms with Crippen molar-refractivity contribution in [3.05, 3.63) is 79.9 Å². The van der Waals surface area contributed by atoms with Crippen LogP contribution in [0.1, 0.15) is 17.2 Å². The van der Waals surface area contributed by atoms with Crippen LogP contribution in [-0.4, -0.2) is 22.8 Å². The molecule has 0 spiro atoms.